The summed E-state index contributed by atoms with van der Waals surface area (Å²) >= 11 is 0. The zero-order chi connectivity index (χ0) is 17.1. The lowest BCUT2D eigenvalue weighted by molar-refractivity contribution is -0.115. The lowest BCUT2D eigenvalue weighted by atomic mass is 10.1. The summed E-state index contributed by atoms with van der Waals surface area (Å²) in [6, 6.07) is 13.2. The van der Waals surface area contributed by atoms with Gasteiger partial charge in [0.25, 0.3) is 5.91 Å². The number of nitrogens with zero attached hydrogens (tertiary/aromatic N) is 1. The number of nitrogens with one attached hydrogen (secondary N) is 1. The van der Waals surface area contributed by atoms with Crippen molar-refractivity contribution in [1.29, 1.82) is 0 Å². The van der Waals surface area contributed by atoms with Gasteiger partial charge in [-0.05, 0) is 30.7 Å². The van der Waals surface area contributed by atoms with Gasteiger partial charge in [0.1, 0.15) is 23.0 Å². The van der Waals surface area contributed by atoms with Gasteiger partial charge in [0.05, 0.1) is 14.2 Å². The van der Waals surface area contributed by atoms with E-state index in [4.69, 9.17) is 9.47 Å². The Kier molecular flexibility index (Phi) is 4.33. The molecule has 0 aromatic heterocycles. The highest BCUT2D eigenvalue weighted by molar-refractivity contribution is 6.19. The molecule has 1 heterocycles. The van der Waals surface area contributed by atoms with Gasteiger partial charge in [-0.25, -0.2) is 4.99 Å². The molecule has 0 saturated carbocycles. The number of ether oxygens (including phenoxy) is 2. The van der Waals surface area contributed by atoms with E-state index in [0.29, 0.717) is 17.3 Å². The van der Waals surface area contributed by atoms with E-state index >= 15 is 0 Å². The zero-order valence-electron chi connectivity index (χ0n) is 13.8. The van der Waals surface area contributed by atoms with Gasteiger partial charge in [-0.2, -0.15) is 0 Å². The number of carbonyl (C=O) groups excluding carboxylic acids is 1. The molecule has 2 aromatic rings. The van der Waals surface area contributed by atoms with Crippen LogP contribution in [0.15, 0.2) is 53.2 Å². The van der Waals surface area contributed by atoms with Crippen molar-refractivity contribution in [3.8, 4) is 11.5 Å². The summed E-state index contributed by atoms with van der Waals surface area (Å²) in [5, 5.41) is 2.79. The standard InChI is InChI=1S/C19H18N2O3/c1-12-9-17(24-3)14(11-16(12)23-2)10-15-19(22)21-18(20-15)13-7-5-4-6-8-13/h4-11H,1-3H3,(H,20,21,22)/b15-10+. The van der Waals surface area contributed by atoms with Crippen molar-refractivity contribution in [1.82, 2.24) is 5.32 Å². The number of amidine groups is 1. The van der Waals surface area contributed by atoms with Crippen LogP contribution >= 0.6 is 0 Å². The van der Waals surface area contributed by atoms with Crippen LogP contribution in [0.2, 0.25) is 0 Å². The van der Waals surface area contributed by atoms with Crippen molar-refractivity contribution in [2.75, 3.05) is 14.2 Å². The minimum Gasteiger partial charge on any atom is -0.496 e. The molecular formula is C19H18N2O3. The smallest absolute Gasteiger partial charge is 0.275 e. The third kappa shape index (κ3) is 3.01. The molecule has 1 N–H and O–H groups in total. The summed E-state index contributed by atoms with van der Waals surface area (Å²) in [6.07, 6.45) is 1.70. The average molecular weight is 322 g/mol. The van der Waals surface area contributed by atoms with Crippen LogP contribution in [-0.2, 0) is 4.79 Å². The van der Waals surface area contributed by atoms with E-state index in [1.165, 1.54) is 0 Å². The molecule has 0 atom stereocenters. The normalized spacial score (nSPS) is 15.2. The van der Waals surface area contributed by atoms with E-state index in [-0.39, 0.29) is 5.91 Å². The summed E-state index contributed by atoms with van der Waals surface area (Å²) in [5.74, 6) is 1.70. The maximum atomic E-state index is 12.2. The van der Waals surface area contributed by atoms with E-state index in [0.717, 1.165) is 22.4 Å². The molecule has 0 radical (unpaired) electrons. The first kappa shape index (κ1) is 15.8. The van der Waals surface area contributed by atoms with Crippen LogP contribution in [0.3, 0.4) is 0 Å². The Morgan fingerprint density at radius 3 is 2.42 bits per heavy atom. The van der Waals surface area contributed by atoms with Crippen molar-refractivity contribution in [3.05, 3.63) is 64.9 Å². The molecule has 122 valence electrons. The molecule has 5 nitrogen and oxygen atoms in total. The molecule has 5 heteroatoms. The van der Waals surface area contributed by atoms with E-state index in [2.05, 4.69) is 10.3 Å². The van der Waals surface area contributed by atoms with Crippen LogP contribution in [0.1, 0.15) is 16.7 Å². The number of benzene rings is 2. The first-order valence-electron chi connectivity index (χ1n) is 7.52. The van der Waals surface area contributed by atoms with Crippen molar-refractivity contribution in [2.45, 2.75) is 6.92 Å². The second-order valence-electron chi connectivity index (χ2n) is 5.37. The molecule has 0 unspecified atom stereocenters. The van der Waals surface area contributed by atoms with Gasteiger partial charge in [0.2, 0.25) is 0 Å². The number of amides is 1. The third-order valence-electron chi connectivity index (χ3n) is 3.78. The van der Waals surface area contributed by atoms with E-state index in [9.17, 15) is 4.79 Å². The topological polar surface area (TPSA) is 59.9 Å². The number of aryl methyl sites for hydroxylation is 1. The highest BCUT2D eigenvalue weighted by Crippen LogP contribution is 2.30. The average Bonchev–Trinajstić information content (AvgIpc) is 2.97. The highest BCUT2D eigenvalue weighted by Gasteiger charge is 2.21. The lowest BCUT2D eigenvalue weighted by Gasteiger charge is -2.10. The van der Waals surface area contributed by atoms with Gasteiger partial charge >= 0.3 is 0 Å². The molecule has 0 fully saturated rings. The Hall–Kier alpha value is -3.08. The Balaban J connectivity index is 2.02. The molecule has 0 saturated heterocycles. The fourth-order valence-electron chi connectivity index (χ4n) is 2.54. The van der Waals surface area contributed by atoms with Gasteiger partial charge in [-0.3, -0.25) is 4.79 Å². The Morgan fingerprint density at radius 1 is 1.04 bits per heavy atom. The summed E-state index contributed by atoms with van der Waals surface area (Å²) in [4.78, 5) is 16.6. The number of carbonyl (C=O) groups is 1. The van der Waals surface area contributed by atoms with Crippen molar-refractivity contribution in [3.63, 3.8) is 0 Å². The molecule has 0 bridgehead atoms. The first-order valence-corrected chi connectivity index (χ1v) is 7.52. The van der Waals surface area contributed by atoms with Gasteiger partial charge in [-0.1, -0.05) is 30.3 Å². The van der Waals surface area contributed by atoms with Crippen molar-refractivity contribution < 1.29 is 14.3 Å². The van der Waals surface area contributed by atoms with Gasteiger partial charge < -0.3 is 14.8 Å². The number of rotatable bonds is 4. The number of methoxy groups -OCH3 is 2. The summed E-state index contributed by atoms with van der Waals surface area (Å²) in [5.41, 5.74) is 2.89. The molecule has 24 heavy (non-hydrogen) atoms. The van der Waals surface area contributed by atoms with Crippen LogP contribution in [0, 0.1) is 6.92 Å². The maximum absolute atomic E-state index is 12.2. The number of aliphatic imine (C=N–C) groups is 1. The molecule has 3 rings (SSSR count). The maximum Gasteiger partial charge on any atom is 0.275 e. The fraction of sp³-hybridized carbons (Fsp3) is 0.158. The molecule has 0 aliphatic carbocycles. The molecule has 0 spiro atoms. The number of hydrogen-bond acceptors (Lipinski definition) is 4. The second-order valence-corrected chi connectivity index (χ2v) is 5.37. The van der Waals surface area contributed by atoms with Crippen LogP contribution in [0.4, 0.5) is 0 Å². The van der Waals surface area contributed by atoms with Crippen LogP contribution in [-0.4, -0.2) is 26.0 Å². The predicted octanol–water partition coefficient (Wildman–Crippen LogP) is 2.93. The fourth-order valence-corrected chi connectivity index (χ4v) is 2.54. The molecule has 1 amide bonds. The Bertz CT molecular complexity index is 839. The van der Waals surface area contributed by atoms with Crippen LogP contribution in [0.25, 0.3) is 6.08 Å². The minimum absolute atomic E-state index is 0.240. The summed E-state index contributed by atoms with van der Waals surface area (Å²) in [6.45, 7) is 1.94. The quantitative estimate of drug-likeness (QED) is 0.881. The number of hydrogen-bond donors (Lipinski definition) is 1. The second kappa shape index (κ2) is 6.58. The Labute approximate surface area is 140 Å². The van der Waals surface area contributed by atoms with Gasteiger partial charge in [0, 0.05) is 11.1 Å². The van der Waals surface area contributed by atoms with Crippen LogP contribution in [0.5, 0.6) is 11.5 Å². The largest absolute Gasteiger partial charge is 0.496 e. The minimum atomic E-state index is -0.240. The lowest BCUT2D eigenvalue weighted by Crippen LogP contribution is -2.24. The Morgan fingerprint density at radius 2 is 1.75 bits per heavy atom. The molecular weight excluding hydrogens is 304 g/mol. The monoisotopic (exact) mass is 322 g/mol. The highest BCUT2D eigenvalue weighted by atomic mass is 16.5. The van der Waals surface area contributed by atoms with Gasteiger partial charge in [0.15, 0.2) is 0 Å². The summed E-state index contributed by atoms with van der Waals surface area (Å²) < 4.78 is 10.7. The van der Waals surface area contributed by atoms with E-state index in [1.54, 1.807) is 20.3 Å². The van der Waals surface area contributed by atoms with Gasteiger partial charge in [-0.15, -0.1) is 0 Å². The van der Waals surface area contributed by atoms with E-state index in [1.807, 2.05) is 49.4 Å². The molecule has 1 aliphatic rings. The predicted molar refractivity (Wildman–Crippen MR) is 93.4 cm³/mol. The van der Waals surface area contributed by atoms with E-state index < -0.39 is 0 Å². The van der Waals surface area contributed by atoms with Crippen molar-refractivity contribution in [2.24, 2.45) is 4.99 Å². The third-order valence-corrected chi connectivity index (χ3v) is 3.78. The van der Waals surface area contributed by atoms with Crippen molar-refractivity contribution >= 4 is 17.8 Å². The first-order chi connectivity index (χ1) is 11.6. The summed E-state index contributed by atoms with van der Waals surface area (Å²) in [7, 11) is 3.20. The van der Waals surface area contributed by atoms with Crippen LogP contribution < -0.4 is 14.8 Å². The molecule has 2 aromatic carbocycles. The zero-order valence-corrected chi connectivity index (χ0v) is 13.8. The molecule has 1 aliphatic heterocycles. The SMILES string of the molecule is COc1cc(/C=C2/N=C(c3ccccc3)NC2=O)c(OC)cc1C.